The molecule has 0 saturated carbocycles. The smallest absolute Gasteiger partial charge is 0.00204 e. The molecule has 60 heavy (non-hydrogen) atoms. The molecule has 0 spiro atoms. The van der Waals surface area contributed by atoms with Gasteiger partial charge in [0.15, 0.2) is 0 Å². The summed E-state index contributed by atoms with van der Waals surface area (Å²) in [6, 6.07) is 66.2. The molecule has 0 amide bonds. The van der Waals surface area contributed by atoms with Gasteiger partial charge in [-0.1, -0.05) is 245 Å². The van der Waals surface area contributed by atoms with E-state index in [0.717, 1.165) is 12.8 Å². The monoisotopic (exact) mass is 785 g/mol. The van der Waals surface area contributed by atoms with Gasteiger partial charge in [-0.2, -0.15) is 0 Å². The van der Waals surface area contributed by atoms with E-state index < -0.39 is 0 Å². The molecule has 0 heterocycles. The Hall–Kier alpha value is -6.24. The first kappa shape index (κ1) is 44.9. The molecular weight excluding hydrogens is 721 g/mol. The van der Waals surface area contributed by atoms with Crippen LogP contribution in [0.15, 0.2) is 182 Å². The highest BCUT2D eigenvalue weighted by molar-refractivity contribution is 6.19. The lowest BCUT2D eigenvalue weighted by Gasteiger charge is -2.17. The zero-order valence-electron chi connectivity index (χ0n) is 37.7. The highest BCUT2D eigenvalue weighted by Crippen LogP contribution is 2.43. The largest absolute Gasteiger partial charge is 0.0683 e. The Labute approximate surface area is 360 Å². The lowest BCUT2D eigenvalue weighted by molar-refractivity contribution is 1.18. The van der Waals surface area contributed by atoms with Crippen molar-refractivity contribution in [3.05, 3.63) is 193 Å². The average molecular weight is 785 g/mol. The Morgan fingerprint density at radius 3 is 1.03 bits per heavy atom. The van der Waals surface area contributed by atoms with Crippen molar-refractivity contribution in [1.82, 2.24) is 0 Å². The molecular formula is C60H64. The van der Waals surface area contributed by atoms with Gasteiger partial charge in [0.05, 0.1) is 0 Å². The summed E-state index contributed by atoms with van der Waals surface area (Å²) in [6.07, 6.45) is 2.08. The van der Waals surface area contributed by atoms with Gasteiger partial charge in [0, 0.05) is 0 Å². The summed E-state index contributed by atoms with van der Waals surface area (Å²) in [4.78, 5) is 0. The van der Waals surface area contributed by atoms with Gasteiger partial charge in [0.2, 0.25) is 0 Å². The van der Waals surface area contributed by atoms with E-state index in [0.29, 0.717) is 0 Å². The Morgan fingerprint density at radius 2 is 0.600 bits per heavy atom. The number of aryl methyl sites for hydroxylation is 2. The van der Waals surface area contributed by atoms with Crippen molar-refractivity contribution in [2.45, 2.75) is 82.1 Å². The van der Waals surface area contributed by atoms with E-state index in [9.17, 15) is 0 Å². The van der Waals surface area contributed by atoms with Gasteiger partial charge in [0.25, 0.3) is 0 Å². The van der Waals surface area contributed by atoms with E-state index >= 15 is 0 Å². The molecule has 10 aromatic rings. The van der Waals surface area contributed by atoms with Crippen LogP contribution in [0.4, 0.5) is 0 Å². The average Bonchev–Trinajstić information content (AvgIpc) is 3.35. The Balaban J connectivity index is 0.000000196. The van der Waals surface area contributed by atoms with E-state index in [-0.39, 0.29) is 0 Å². The third kappa shape index (κ3) is 8.85. The SMILES string of the molecule is CC.CC.CC.CC.CCc1c2ccccc2c(-c2ccc3ccccc3c2)c2ccccc12.CCc1c2ccccc2c(-c2cccc3ccccc23)c2ccccc12. The second-order valence-electron chi connectivity index (χ2n) is 13.7. The first-order valence-electron chi connectivity index (χ1n) is 22.6. The topological polar surface area (TPSA) is 0 Å². The van der Waals surface area contributed by atoms with Gasteiger partial charge in [-0.05, 0) is 117 Å². The third-order valence-corrected chi connectivity index (χ3v) is 10.9. The highest BCUT2D eigenvalue weighted by Gasteiger charge is 2.16. The zero-order chi connectivity index (χ0) is 43.0. The third-order valence-electron chi connectivity index (χ3n) is 10.9. The van der Waals surface area contributed by atoms with Crippen LogP contribution in [0.3, 0.4) is 0 Å². The number of benzene rings is 10. The maximum absolute atomic E-state index is 2.33. The van der Waals surface area contributed by atoms with Crippen molar-refractivity contribution in [3.63, 3.8) is 0 Å². The number of hydrogen-bond donors (Lipinski definition) is 0. The van der Waals surface area contributed by atoms with Crippen molar-refractivity contribution in [2.75, 3.05) is 0 Å². The lowest BCUT2D eigenvalue weighted by atomic mass is 9.86. The van der Waals surface area contributed by atoms with Crippen LogP contribution in [0.5, 0.6) is 0 Å². The minimum absolute atomic E-state index is 1.04. The normalized spacial score (nSPS) is 10.3. The highest BCUT2D eigenvalue weighted by atomic mass is 14.2. The minimum atomic E-state index is 1.04. The van der Waals surface area contributed by atoms with Gasteiger partial charge in [-0.25, -0.2) is 0 Å². The molecule has 0 nitrogen and oxygen atoms in total. The van der Waals surface area contributed by atoms with Gasteiger partial charge >= 0.3 is 0 Å². The molecule has 0 aromatic heterocycles. The summed E-state index contributed by atoms with van der Waals surface area (Å²) < 4.78 is 0. The van der Waals surface area contributed by atoms with Crippen LogP contribution in [0, 0.1) is 0 Å². The van der Waals surface area contributed by atoms with Crippen LogP contribution in [0.2, 0.25) is 0 Å². The molecule has 10 rings (SSSR count). The Bertz CT molecular complexity index is 2800. The zero-order valence-corrected chi connectivity index (χ0v) is 37.7. The molecule has 0 N–H and O–H groups in total. The number of hydrogen-bond acceptors (Lipinski definition) is 0. The second-order valence-corrected chi connectivity index (χ2v) is 13.7. The molecule has 0 atom stereocenters. The van der Waals surface area contributed by atoms with Crippen LogP contribution < -0.4 is 0 Å². The number of rotatable bonds is 4. The molecule has 10 aromatic carbocycles. The van der Waals surface area contributed by atoms with E-state index in [4.69, 9.17) is 0 Å². The van der Waals surface area contributed by atoms with Crippen molar-refractivity contribution in [2.24, 2.45) is 0 Å². The summed E-state index contributed by atoms with van der Waals surface area (Å²) in [7, 11) is 0. The number of fused-ring (bicyclic) bond motifs is 6. The van der Waals surface area contributed by atoms with Crippen molar-refractivity contribution in [3.8, 4) is 22.3 Å². The summed E-state index contributed by atoms with van der Waals surface area (Å²) in [6.45, 7) is 20.5. The second kappa shape index (κ2) is 22.2. The van der Waals surface area contributed by atoms with Gasteiger partial charge in [-0.15, -0.1) is 0 Å². The minimum Gasteiger partial charge on any atom is -0.0683 e. The van der Waals surface area contributed by atoms with E-state index in [2.05, 4.69) is 196 Å². The quantitative estimate of drug-likeness (QED) is 0.156. The summed E-state index contributed by atoms with van der Waals surface area (Å²) in [5.74, 6) is 0. The molecule has 0 bridgehead atoms. The Kier molecular flexibility index (Phi) is 16.6. The molecule has 304 valence electrons. The Morgan fingerprint density at radius 1 is 0.267 bits per heavy atom. The molecule has 0 heteroatoms. The predicted octanol–water partition coefficient (Wildman–Crippen LogP) is 18.9. The summed E-state index contributed by atoms with van der Waals surface area (Å²) in [5.41, 5.74) is 8.20. The molecule has 0 saturated heterocycles. The van der Waals surface area contributed by atoms with Gasteiger partial charge < -0.3 is 0 Å². The van der Waals surface area contributed by atoms with Crippen LogP contribution in [0.1, 0.15) is 80.4 Å². The molecule has 0 aliphatic carbocycles. The van der Waals surface area contributed by atoms with Crippen LogP contribution in [-0.2, 0) is 12.8 Å². The van der Waals surface area contributed by atoms with Gasteiger partial charge in [-0.3, -0.25) is 0 Å². The molecule has 0 unspecified atom stereocenters. The fourth-order valence-electron chi connectivity index (χ4n) is 8.59. The van der Waals surface area contributed by atoms with E-state index in [1.54, 1.807) is 0 Å². The summed E-state index contributed by atoms with van der Waals surface area (Å²) >= 11 is 0. The van der Waals surface area contributed by atoms with E-state index in [1.165, 1.54) is 98.0 Å². The molecule has 0 radical (unpaired) electrons. The fourth-order valence-corrected chi connectivity index (χ4v) is 8.59. The maximum atomic E-state index is 2.33. The van der Waals surface area contributed by atoms with E-state index in [1.807, 2.05) is 55.4 Å². The van der Waals surface area contributed by atoms with Crippen molar-refractivity contribution < 1.29 is 0 Å². The lowest BCUT2D eigenvalue weighted by Crippen LogP contribution is -1.92. The standard InChI is InChI=1S/2C26H20.4C2H6/c1-2-19-21-13-5-7-15-24(21)26(25-16-8-6-14-22(19)25)23-17-9-11-18-10-3-4-12-20(18)23;1-2-21-22-11-5-7-13-24(22)26(25-14-8-6-12-23(21)25)20-16-15-18-9-3-4-10-19(18)17-20;4*1-2/h2*3-17H,2H2,1H3;4*1-2H3. The van der Waals surface area contributed by atoms with Crippen molar-refractivity contribution in [1.29, 1.82) is 0 Å². The van der Waals surface area contributed by atoms with Crippen LogP contribution >= 0.6 is 0 Å². The molecule has 0 aliphatic heterocycles. The van der Waals surface area contributed by atoms with Gasteiger partial charge in [0.1, 0.15) is 0 Å². The predicted molar refractivity (Wildman–Crippen MR) is 273 cm³/mol. The molecule has 0 fully saturated rings. The maximum Gasteiger partial charge on any atom is -0.00204 e. The first-order chi connectivity index (χ1) is 29.7. The first-order valence-corrected chi connectivity index (χ1v) is 22.6. The van der Waals surface area contributed by atoms with Crippen LogP contribution in [-0.4, -0.2) is 0 Å². The fraction of sp³-hybridized carbons (Fsp3) is 0.200. The van der Waals surface area contributed by atoms with Crippen molar-refractivity contribution >= 4 is 64.6 Å². The molecule has 0 aliphatic rings. The van der Waals surface area contributed by atoms with Crippen LogP contribution in [0.25, 0.3) is 86.9 Å². The summed E-state index contributed by atoms with van der Waals surface area (Å²) in [5, 5.41) is 16.1.